The maximum atomic E-state index is 12.5. The van der Waals surface area contributed by atoms with Gasteiger partial charge in [0.2, 0.25) is 0 Å². The second kappa shape index (κ2) is 6.23. The predicted octanol–water partition coefficient (Wildman–Crippen LogP) is 3.94. The van der Waals surface area contributed by atoms with Gasteiger partial charge in [-0.15, -0.1) is 0 Å². The number of nitrogens with zero attached hydrogens (tertiary/aromatic N) is 1. The van der Waals surface area contributed by atoms with Gasteiger partial charge in [0, 0.05) is 5.56 Å². The molecule has 4 nitrogen and oxygen atoms in total. The zero-order chi connectivity index (χ0) is 15.5. The molecule has 22 heavy (non-hydrogen) atoms. The number of benzene rings is 2. The van der Waals surface area contributed by atoms with E-state index in [4.69, 9.17) is 4.74 Å². The third-order valence-electron chi connectivity index (χ3n) is 3.40. The Kier molecular flexibility index (Phi) is 4.15. The molecule has 0 radical (unpaired) electrons. The minimum atomic E-state index is -0.214. The van der Waals surface area contributed by atoms with Crippen LogP contribution in [0.4, 0.5) is 0 Å². The van der Waals surface area contributed by atoms with Crippen molar-refractivity contribution >= 4 is 28.6 Å². The molecule has 0 spiro atoms. The lowest BCUT2D eigenvalue weighted by Gasteiger charge is -2.08. The molecule has 1 N–H and O–H groups in total. The number of thioether (sulfide) groups is 1. The number of carbonyl (C=O) groups is 1. The summed E-state index contributed by atoms with van der Waals surface area (Å²) in [4.78, 5) is 20.2. The molecule has 0 unspecified atom stereocenters. The average Bonchev–Trinajstić information content (AvgIpc) is 2.96. The Bertz CT molecular complexity index is 763. The largest absolute Gasteiger partial charge is 0.497 e. The number of methoxy groups -OCH3 is 1. The van der Waals surface area contributed by atoms with Gasteiger partial charge in [-0.2, -0.15) is 0 Å². The number of ether oxygens (including phenoxy) is 1. The van der Waals surface area contributed by atoms with Gasteiger partial charge < -0.3 is 9.72 Å². The molecular formula is C17H16N2O2S. The molecule has 0 aliphatic rings. The van der Waals surface area contributed by atoms with E-state index < -0.39 is 0 Å². The summed E-state index contributed by atoms with van der Waals surface area (Å²) in [5, 5.41) is 0.546. The van der Waals surface area contributed by atoms with E-state index >= 15 is 0 Å². The quantitative estimate of drug-likeness (QED) is 0.573. The van der Waals surface area contributed by atoms with Crippen LogP contribution in [0.25, 0.3) is 11.0 Å². The molecule has 5 heteroatoms. The van der Waals surface area contributed by atoms with E-state index in [2.05, 4.69) is 9.97 Å². The van der Waals surface area contributed by atoms with Crippen molar-refractivity contribution in [2.45, 2.75) is 17.3 Å². The van der Waals surface area contributed by atoms with E-state index in [9.17, 15) is 4.79 Å². The van der Waals surface area contributed by atoms with E-state index in [1.165, 1.54) is 11.8 Å². The van der Waals surface area contributed by atoms with Crippen LogP contribution in [0.15, 0.2) is 53.7 Å². The molecule has 0 aliphatic heterocycles. The van der Waals surface area contributed by atoms with E-state index in [0.717, 1.165) is 21.9 Å². The van der Waals surface area contributed by atoms with E-state index in [1.54, 1.807) is 31.4 Å². The van der Waals surface area contributed by atoms with Gasteiger partial charge in [0.25, 0.3) is 0 Å². The fraction of sp³-hybridized carbons (Fsp3) is 0.176. The molecule has 0 saturated heterocycles. The standard InChI is InChI=1S/C17H16N2O2S/c1-11(16(20)12-7-9-13(21-2)10-8-12)22-17-18-14-5-3-4-6-15(14)19-17/h3-11H,1-2H3,(H,18,19)/t11-/m1/s1. The van der Waals surface area contributed by atoms with E-state index in [-0.39, 0.29) is 11.0 Å². The lowest BCUT2D eigenvalue weighted by atomic mass is 10.1. The Balaban J connectivity index is 1.74. The molecule has 3 rings (SSSR count). The van der Waals surface area contributed by atoms with Crippen LogP contribution in [0.1, 0.15) is 17.3 Å². The first-order valence-corrected chi connectivity index (χ1v) is 7.85. The van der Waals surface area contributed by atoms with Crippen LogP contribution in [0.2, 0.25) is 0 Å². The first-order chi connectivity index (χ1) is 10.7. The second-order valence-electron chi connectivity index (χ2n) is 4.91. The van der Waals surface area contributed by atoms with Crippen LogP contribution < -0.4 is 4.74 Å². The normalized spacial score (nSPS) is 12.3. The van der Waals surface area contributed by atoms with Crippen molar-refractivity contribution in [3.63, 3.8) is 0 Å². The first kappa shape index (κ1) is 14.7. The lowest BCUT2D eigenvalue weighted by molar-refractivity contribution is 0.0994. The fourth-order valence-corrected chi connectivity index (χ4v) is 3.09. The van der Waals surface area contributed by atoms with E-state index in [0.29, 0.717) is 5.56 Å². The summed E-state index contributed by atoms with van der Waals surface area (Å²) < 4.78 is 5.11. The van der Waals surface area contributed by atoms with Crippen molar-refractivity contribution in [2.24, 2.45) is 0 Å². The molecule has 0 amide bonds. The maximum Gasteiger partial charge on any atom is 0.175 e. The molecule has 1 aromatic heterocycles. The smallest absolute Gasteiger partial charge is 0.175 e. The van der Waals surface area contributed by atoms with Crippen molar-refractivity contribution in [3.8, 4) is 5.75 Å². The third-order valence-corrected chi connectivity index (χ3v) is 4.38. The molecule has 0 aliphatic carbocycles. The minimum Gasteiger partial charge on any atom is -0.497 e. The molecule has 0 bridgehead atoms. The molecule has 3 aromatic rings. The van der Waals surface area contributed by atoms with Crippen LogP contribution in [0.3, 0.4) is 0 Å². The third kappa shape index (κ3) is 2.99. The summed E-state index contributed by atoms with van der Waals surface area (Å²) in [6.45, 7) is 1.89. The van der Waals surface area contributed by atoms with Crippen molar-refractivity contribution in [1.29, 1.82) is 0 Å². The number of nitrogens with one attached hydrogen (secondary N) is 1. The predicted molar refractivity (Wildman–Crippen MR) is 88.7 cm³/mol. The number of Topliss-reactive ketones (excluding diaryl/α,β-unsaturated/α-hetero) is 1. The fourth-order valence-electron chi connectivity index (χ4n) is 2.20. The van der Waals surface area contributed by atoms with E-state index in [1.807, 2.05) is 31.2 Å². The number of rotatable bonds is 5. The summed E-state index contributed by atoms with van der Waals surface area (Å²) in [7, 11) is 1.61. The number of hydrogen-bond acceptors (Lipinski definition) is 4. The summed E-state index contributed by atoms with van der Waals surface area (Å²) >= 11 is 1.43. The summed E-state index contributed by atoms with van der Waals surface area (Å²) in [5.41, 5.74) is 2.57. The number of fused-ring (bicyclic) bond motifs is 1. The molecule has 0 saturated carbocycles. The molecule has 112 valence electrons. The highest BCUT2D eigenvalue weighted by molar-refractivity contribution is 8.00. The van der Waals surface area contributed by atoms with Gasteiger partial charge in [-0.1, -0.05) is 23.9 Å². The highest BCUT2D eigenvalue weighted by Crippen LogP contribution is 2.26. The number of ketones is 1. The number of para-hydroxylation sites is 2. The Morgan fingerprint density at radius 2 is 1.91 bits per heavy atom. The Hall–Kier alpha value is -2.27. The van der Waals surface area contributed by atoms with Gasteiger partial charge in [-0.05, 0) is 43.3 Å². The number of imidazole rings is 1. The van der Waals surface area contributed by atoms with Crippen LogP contribution in [0.5, 0.6) is 5.75 Å². The highest BCUT2D eigenvalue weighted by Gasteiger charge is 2.18. The first-order valence-electron chi connectivity index (χ1n) is 6.97. The molecule has 1 atom stereocenters. The minimum absolute atomic E-state index is 0.0770. The topological polar surface area (TPSA) is 55.0 Å². The van der Waals surface area contributed by atoms with Gasteiger partial charge in [0.15, 0.2) is 10.9 Å². The Morgan fingerprint density at radius 3 is 2.59 bits per heavy atom. The molecule has 2 aromatic carbocycles. The summed E-state index contributed by atoms with van der Waals surface area (Å²) in [5.74, 6) is 0.822. The number of hydrogen-bond donors (Lipinski definition) is 1. The highest BCUT2D eigenvalue weighted by atomic mass is 32.2. The van der Waals surface area contributed by atoms with Crippen molar-refractivity contribution < 1.29 is 9.53 Å². The summed E-state index contributed by atoms with van der Waals surface area (Å²) in [6.07, 6.45) is 0. The van der Waals surface area contributed by atoms with Gasteiger partial charge in [-0.3, -0.25) is 4.79 Å². The van der Waals surface area contributed by atoms with Gasteiger partial charge in [0.1, 0.15) is 5.75 Å². The summed E-state index contributed by atoms with van der Waals surface area (Å²) in [6, 6.07) is 15.0. The average molecular weight is 312 g/mol. The zero-order valence-corrected chi connectivity index (χ0v) is 13.2. The maximum absolute atomic E-state index is 12.5. The van der Waals surface area contributed by atoms with Crippen molar-refractivity contribution in [2.75, 3.05) is 7.11 Å². The van der Waals surface area contributed by atoms with Gasteiger partial charge in [-0.25, -0.2) is 4.98 Å². The van der Waals surface area contributed by atoms with Crippen molar-refractivity contribution in [3.05, 3.63) is 54.1 Å². The van der Waals surface area contributed by atoms with Crippen LogP contribution in [0, 0.1) is 0 Å². The number of aromatic amines is 1. The SMILES string of the molecule is COc1ccc(C(=O)[C@@H](C)Sc2nc3ccccc3[nH]2)cc1. The monoisotopic (exact) mass is 312 g/mol. The number of carbonyl (C=O) groups excluding carboxylic acids is 1. The van der Waals surface area contributed by atoms with Crippen LogP contribution >= 0.6 is 11.8 Å². The zero-order valence-electron chi connectivity index (χ0n) is 12.4. The van der Waals surface area contributed by atoms with Gasteiger partial charge in [0.05, 0.1) is 23.4 Å². The Labute approximate surface area is 132 Å². The second-order valence-corrected chi connectivity index (χ2v) is 6.24. The Morgan fingerprint density at radius 1 is 1.18 bits per heavy atom. The number of H-pyrrole nitrogens is 1. The molecular weight excluding hydrogens is 296 g/mol. The number of aromatic nitrogens is 2. The molecule has 0 fully saturated rings. The van der Waals surface area contributed by atoms with Crippen LogP contribution in [-0.2, 0) is 0 Å². The van der Waals surface area contributed by atoms with Crippen molar-refractivity contribution in [1.82, 2.24) is 9.97 Å². The van der Waals surface area contributed by atoms with Crippen LogP contribution in [-0.4, -0.2) is 28.1 Å². The van der Waals surface area contributed by atoms with Gasteiger partial charge >= 0.3 is 0 Å². The molecule has 1 heterocycles. The lowest BCUT2D eigenvalue weighted by Crippen LogP contribution is -2.13.